The van der Waals surface area contributed by atoms with Crippen LogP contribution in [-0.2, 0) is 4.74 Å². The van der Waals surface area contributed by atoms with Crippen LogP contribution in [0.2, 0.25) is 0 Å². The number of ether oxygens (including phenoxy) is 2. The van der Waals surface area contributed by atoms with Gasteiger partial charge in [0.1, 0.15) is 6.61 Å². The number of hydrogen-bond donors (Lipinski definition) is 0. The lowest BCUT2D eigenvalue weighted by Gasteiger charge is -2.12. The summed E-state index contributed by atoms with van der Waals surface area (Å²) in [5.74, 6) is -0.166. The Balaban J connectivity index is 2.30. The second kappa shape index (κ2) is 5.31. The molecule has 3 nitrogen and oxygen atoms in total. The fourth-order valence-electron chi connectivity index (χ4n) is 1.61. The number of methoxy groups -OCH3 is 1. The molecule has 18 heavy (non-hydrogen) atoms. The van der Waals surface area contributed by atoms with E-state index in [1.807, 2.05) is 26.0 Å². The Morgan fingerprint density at radius 1 is 1.33 bits per heavy atom. The largest absolute Gasteiger partial charge is 0.488 e. The van der Waals surface area contributed by atoms with Crippen molar-refractivity contribution in [2.75, 3.05) is 13.7 Å². The number of fused-ring (bicyclic) bond motifs is 1. The van der Waals surface area contributed by atoms with Crippen LogP contribution < -0.4 is 4.74 Å². The van der Waals surface area contributed by atoms with E-state index in [0.29, 0.717) is 6.61 Å². The first kappa shape index (κ1) is 12.8. The summed E-state index contributed by atoms with van der Waals surface area (Å²) in [6.45, 7) is 4.07. The summed E-state index contributed by atoms with van der Waals surface area (Å²) in [5.41, 5.74) is 1.63. The number of nitrogens with zero attached hydrogens (tertiary/aromatic N) is 1. The van der Waals surface area contributed by atoms with Crippen LogP contribution in [0, 0.1) is 12.7 Å². The van der Waals surface area contributed by atoms with E-state index < -0.39 is 0 Å². The maximum atomic E-state index is 13.8. The van der Waals surface area contributed by atoms with Crippen molar-refractivity contribution in [3.63, 3.8) is 0 Å². The van der Waals surface area contributed by atoms with Gasteiger partial charge in [-0.25, -0.2) is 4.39 Å². The molecule has 0 aliphatic rings. The Hall–Kier alpha value is -1.68. The van der Waals surface area contributed by atoms with E-state index >= 15 is 0 Å². The molecule has 1 atom stereocenters. The highest BCUT2D eigenvalue weighted by Crippen LogP contribution is 2.24. The molecule has 1 heterocycles. The summed E-state index contributed by atoms with van der Waals surface area (Å²) in [7, 11) is 1.59. The van der Waals surface area contributed by atoms with Crippen molar-refractivity contribution in [1.82, 2.24) is 4.98 Å². The minimum absolute atomic E-state index is 0.0782. The molecule has 0 amide bonds. The molecule has 1 aromatic carbocycles. The molecule has 0 aliphatic heterocycles. The monoisotopic (exact) mass is 249 g/mol. The SMILES string of the molecule is CO[C@H](C)COc1cc2nc(C)ccc2cc1F. The second-order valence-corrected chi connectivity index (χ2v) is 4.29. The van der Waals surface area contributed by atoms with Crippen LogP contribution in [0.1, 0.15) is 12.6 Å². The molecule has 0 N–H and O–H groups in total. The van der Waals surface area contributed by atoms with Gasteiger partial charge in [-0.1, -0.05) is 6.07 Å². The first-order chi connectivity index (χ1) is 8.60. The molecule has 0 saturated heterocycles. The zero-order valence-electron chi connectivity index (χ0n) is 10.7. The van der Waals surface area contributed by atoms with Gasteiger partial charge in [0.2, 0.25) is 0 Å². The maximum absolute atomic E-state index is 13.8. The summed E-state index contributed by atoms with van der Waals surface area (Å²) in [5, 5.41) is 0.769. The summed E-state index contributed by atoms with van der Waals surface area (Å²) in [6.07, 6.45) is -0.0782. The quantitative estimate of drug-likeness (QED) is 0.834. The third kappa shape index (κ3) is 2.76. The second-order valence-electron chi connectivity index (χ2n) is 4.29. The average molecular weight is 249 g/mol. The number of halogens is 1. The Labute approximate surface area is 106 Å². The normalized spacial score (nSPS) is 12.7. The van der Waals surface area contributed by atoms with Gasteiger partial charge in [0.15, 0.2) is 11.6 Å². The molecule has 0 radical (unpaired) electrons. The van der Waals surface area contributed by atoms with Crippen molar-refractivity contribution in [2.24, 2.45) is 0 Å². The van der Waals surface area contributed by atoms with Gasteiger partial charge in [-0.2, -0.15) is 0 Å². The van der Waals surface area contributed by atoms with Gasteiger partial charge < -0.3 is 9.47 Å². The van der Waals surface area contributed by atoms with E-state index in [1.54, 1.807) is 13.2 Å². The fraction of sp³-hybridized carbons (Fsp3) is 0.357. The van der Waals surface area contributed by atoms with Gasteiger partial charge in [0.25, 0.3) is 0 Å². The highest BCUT2D eigenvalue weighted by atomic mass is 19.1. The van der Waals surface area contributed by atoms with Gasteiger partial charge in [-0.15, -0.1) is 0 Å². The molecule has 2 rings (SSSR count). The number of aryl methyl sites for hydroxylation is 1. The standard InChI is InChI=1S/C14H16FNO2/c1-9-4-5-11-6-12(15)14(7-13(11)16-9)18-8-10(2)17-3/h4-7,10H,8H2,1-3H3/t10-/m1/s1. The third-order valence-electron chi connectivity index (χ3n) is 2.76. The smallest absolute Gasteiger partial charge is 0.165 e. The van der Waals surface area contributed by atoms with Crippen molar-refractivity contribution in [2.45, 2.75) is 20.0 Å². The number of rotatable bonds is 4. The van der Waals surface area contributed by atoms with Crippen molar-refractivity contribution in [3.05, 3.63) is 35.8 Å². The van der Waals surface area contributed by atoms with Crippen molar-refractivity contribution < 1.29 is 13.9 Å². The van der Waals surface area contributed by atoms with Crippen LogP contribution in [0.3, 0.4) is 0 Å². The van der Waals surface area contributed by atoms with E-state index in [2.05, 4.69) is 4.98 Å². The zero-order chi connectivity index (χ0) is 13.1. The summed E-state index contributed by atoms with van der Waals surface area (Å²) < 4.78 is 24.2. The maximum Gasteiger partial charge on any atom is 0.165 e. The molecule has 0 aliphatic carbocycles. The first-order valence-electron chi connectivity index (χ1n) is 5.82. The summed E-state index contributed by atoms with van der Waals surface area (Å²) >= 11 is 0. The molecule has 96 valence electrons. The highest BCUT2D eigenvalue weighted by Gasteiger charge is 2.09. The van der Waals surface area contributed by atoms with Crippen molar-refractivity contribution in [3.8, 4) is 5.75 Å². The molecule has 0 fully saturated rings. The van der Waals surface area contributed by atoms with E-state index in [0.717, 1.165) is 16.6 Å². The van der Waals surface area contributed by atoms with Crippen molar-refractivity contribution >= 4 is 10.9 Å². The molecule has 4 heteroatoms. The summed E-state index contributed by atoms with van der Waals surface area (Å²) in [6, 6.07) is 6.77. The Morgan fingerprint density at radius 2 is 2.11 bits per heavy atom. The number of hydrogen-bond acceptors (Lipinski definition) is 3. The lowest BCUT2D eigenvalue weighted by atomic mass is 10.2. The third-order valence-corrected chi connectivity index (χ3v) is 2.76. The van der Waals surface area contributed by atoms with E-state index in [1.165, 1.54) is 6.07 Å². The Morgan fingerprint density at radius 3 is 2.83 bits per heavy atom. The van der Waals surface area contributed by atoms with Crippen molar-refractivity contribution in [1.29, 1.82) is 0 Å². The lowest BCUT2D eigenvalue weighted by molar-refractivity contribution is 0.0702. The van der Waals surface area contributed by atoms with Crippen LogP contribution in [0.25, 0.3) is 10.9 Å². The van der Waals surface area contributed by atoms with Gasteiger partial charge in [0, 0.05) is 24.3 Å². The number of pyridine rings is 1. The van der Waals surface area contributed by atoms with Gasteiger partial charge >= 0.3 is 0 Å². The molecule has 1 aromatic heterocycles. The average Bonchev–Trinajstić information content (AvgIpc) is 2.36. The highest BCUT2D eigenvalue weighted by molar-refractivity contribution is 5.80. The Bertz CT molecular complexity index is 557. The molecular weight excluding hydrogens is 233 g/mol. The molecule has 0 spiro atoms. The Kier molecular flexibility index (Phi) is 3.77. The molecule has 0 bridgehead atoms. The molecular formula is C14H16FNO2. The van der Waals surface area contributed by atoms with E-state index in [4.69, 9.17) is 9.47 Å². The predicted molar refractivity (Wildman–Crippen MR) is 68.4 cm³/mol. The minimum atomic E-state index is -0.378. The zero-order valence-corrected chi connectivity index (χ0v) is 10.7. The topological polar surface area (TPSA) is 31.4 Å². The molecule has 2 aromatic rings. The predicted octanol–water partition coefficient (Wildman–Crippen LogP) is 3.10. The summed E-state index contributed by atoms with van der Waals surface area (Å²) in [4.78, 5) is 4.35. The lowest BCUT2D eigenvalue weighted by Crippen LogP contribution is -2.16. The first-order valence-corrected chi connectivity index (χ1v) is 5.82. The molecule has 0 unspecified atom stereocenters. The van der Waals surface area contributed by atoms with Gasteiger partial charge in [-0.3, -0.25) is 4.98 Å². The van der Waals surface area contributed by atoms with Crippen LogP contribution >= 0.6 is 0 Å². The fourth-order valence-corrected chi connectivity index (χ4v) is 1.61. The van der Waals surface area contributed by atoms with E-state index in [-0.39, 0.29) is 17.7 Å². The van der Waals surface area contributed by atoms with Crippen LogP contribution in [-0.4, -0.2) is 24.8 Å². The molecule has 0 saturated carbocycles. The van der Waals surface area contributed by atoms with E-state index in [9.17, 15) is 4.39 Å². The van der Waals surface area contributed by atoms with Crippen LogP contribution in [0.4, 0.5) is 4.39 Å². The minimum Gasteiger partial charge on any atom is -0.488 e. The van der Waals surface area contributed by atoms with Gasteiger partial charge in [-0.05, 0) is 26.0 Å². The number of benzene rings is 1. The van der Waals surface area contributed by atoms with Crippen LogP contribution in [0.5, 0.6) is 5.75 Å². The number of aromatic nitrogens is 1. The van der Waals surface area contributed by atoms with Gasteiger partial charge in [0.05, 0.1) is 11.6 Å². The van der Waals surface area contributed by atoms with Crippen LogP contribution in [0.15, 0.2) is 24.3 Å².